The zero-order valence-electron chi connectivity index (χ0n) is 11.9. The number of nitrogens with zero attached hydrogens (tertiary/aromatic N) is 2. The molecule has 0 bridgehead atoms. The van der Waals surface area contributed by atoms with Crippen molar-refractivity contribution in [2.75, 3.05) is 0 Å². The molecule has 2 N–H and O–H groups in total. The first-order valence-corrected chi connectivity index (χ1v) is 7.74. The Hall–Kier alpha value is -0.910. The van der Waals surface area contributed by atoms with Crippen LogP contribution in [0.3, 0.4) is 0 Å². The van der Waals surface area contributed by atoms with Gasteiger partial charge in [-0.25, -0.2) is 0 Å². The first kappa shape index (κ1) is 16.5. The van der Waals surface area contributed by atoms with Crippen LogP contribution in [0.4, 0.5) is 0 Å². The van der Waals surface area contributed by atoms with Crippen molar-refractivity contribution in [3.05, 3.63) is 34.6 Å². The van der Waals surface area contributed by atoms with Gasteiger partial charge in [0.25, 0.3) is 0 Å². The van der Waals surface area contributed by atoms with E-state index in [4.69, 9.17) is 10.3 Å². The average molecular weight is 373 g/mol. The van der Waals surface area contributed by atoms with E-state index in [0.717, 1.165) is 22.9 Å². The van der Waals surface area contributed by atoms with E-state index in [1.165, 1.54) is 12.8 Å². The lowest BCUT2D eigenvalue weighted by atomic mass is 9.74. The molecule has 6 heteroatoms. The highest BCUT2D eigenvalue weighted by atomic mass is 79.9. The molecule has 0 radical (unpaired) electrons. The van der Waals surface area contributed by atoms with Gasteiger partial charge in [-0.05, 0) is 31.9 Å². The molecule has 1 saturated carbocycles. The van der Waals surface area contributed by atoms with Crippen LogP contribution in [-0.2, 0) is 0 Å². The largest absolute Gasteiger partial charge is 0.339 e. The Morgan fingerprint density at radius 1 is 1.38 bits per heavy atom. The van der Waals surface area contributed by atoms with Crippen molar-refractivity contribution in [1.29, 1.82) is 0 Å². The van der Waals surface area contributed by atoms with Crippen LogP contribution in [0.1, 0.15) is 44.4 Å². The normalized spacial score (nSPS) is 25.4. The molecule has 2 atom stereocenters. The van der Waals surface area contributed by atoms with Crippen LogP contribution in [-0.4, -0.2) is 15.7 Å². The molecule has 0 amide bonds. The summed E-state index contributed by atoms with van der Waals surface area (Å²) in [5.74, 6) is 1.46. The minimum atomic E-state index is -0.251. The van der Waals surface area contributed by atoms with E-state index < -0.39 is 0 Å². The third-order valence-electron chi connectivity index (χ3n) is 4.08. The molecule has 0 aliphatic heterocycles. The fourth-order valence-corrected chi connectivity index (χ4v) is 3.28. The van der Waals surface area contributed by atoms with Gasteiger partial charge in [0.2, 0.25) is 11.7 Å². The van der Waals surface area contributed by atoms with E-state index in [2.05, 4.69) is 33.0 Å². The summed E-state index contributed by atoms with van der Waals surface area (Å²) in [6, 6.07) is 7.89. The Morgan fingerprint density at radius 3 is 2.90 bits per heavy atom. The highest BCUT2D eigenvalue weighted by molar-refractivity contribution is 9.10. The predicted molar refractivity (Wildman–Crippen MR) is 88.5 cm³/mol. The Bertz CT molecular complexity index is 614. The van der Waals surface area contributed by atoms with Gasteiger partial charge < -0.3 is 10.3 Å². The quantitative estimate of drug-likeness (QED) is 0.853. The molecular formula is C15H19BrClN3O. The maximum atomic E-state index is 6.39. The number of nitrogens with two attached hydrogens (primary N) is 1. The fraction of sp³-hybridized carbons (Fsp3) is 0.467. The van der Waals surface area contributed by atoms with Crippen LogP contribution >= 0.6 is 28.3 Å². The number of hydrogen-bond donors (Lipinski definition) is 1. The first-order chi connectivity index (χ1) is 9.56. The van der Waals surface area contributed by atoms with Crippen molar-refractivity contribution in [2.45, 2.75) is 44.1 Å². The lowest BCUT2D eigenvalue weighted by molar-refractivity contribution is 0.223. The monoisotopic (exact) mass is 371 g/mol. The summed E-state index contributed by atoms with van der Waals surface area (Å²) in [6.07, 6.45) is 4.38. The average Bonchev–Trinajstić information content (AvgIpc) is 2.87. The molecule has 0 spiro atoms. The lowest BCUT2D eigenvalue weighted by Gasteiger charge is -2.35. The van der Waals surface area contributed by atoms with Gasteiger partial charge >= 0.3 is 0 Å². The molecule has 1 heterocycles. The topological polar surface area (TPSA) is 64.9 Å². The van der Waals surface area contributed by atoms with Crippen molar-refractivity contribution in [2.24, 2.45) is 5.73 Å². The molecule has 2 aromatic rings. The van der Waals surface area contributed by atoms with Crippen molar-refractivity contribution in [1.82, 2.24) is 10.1 Å². The molecule has 1 aliphatic carbocycles. The van der Waals surface area contributed by atoms with Crippen LogP contribution in [0.15, 0.2) is 33.3 Å². The second-order valence-corrected chi connectivity index (χ2v) is 6.69. The van der Waals surface area contributed by atoms with Crippen LogP contribution < -0.4 is 5.73 Å². The third-order valence-corrected chi connectivity index (χ3v) is 4.57. The third kappa shape index (κ3) is 3.47. The lowest BCUT2D eigenvalue weighted by Crippen LogP contribution is -2.44. The zero-order valence-corrected chi connectivity index (χ0v) is 14.3. The molecule has 1 aromatic heterocycles. The van der Waals surface area contributed by atoms with Gasteiger partial charge in [0.15, 0.2) is 0 Å². The summed E-state index contributed by atoms with van der Waals surface area (Å²) in [7, 11) is 0. The standard InChI is InChI=1S/C15H18BrN3O.ClH/c1-15(17)8-3-2-7-12(15)14-18-13(19-20-14)10-5-4-6-11(16)9-10;/h4-6,9,12H,2-3,7-8,17H2,1H3;1H. The summed E-state index contributed by atoms with van der Waals surface area (Å²) in [4.78, 5) is 4.56. The van der Waals surface area contributed by atoms with Crippen LogP contribution in [0.25, 0.3) is 11.4 Å². The minimum absolute atomic E-state index is 0. The van der Waals surface area contributed by atoms with Gasteiger partial charge in [-0.3, -0.25) is 0 Å². The molecule has 4 nitrogen and oxygen atoms in total. The first-order valence-electron chi connectivity index (χ1n) is 6.95. The summed E-state index contributed by atoms with van der Waals surface area (Å²) in [5.41, 5.74) is 7.09. The molecular weight excluding hydrogens is 354 g/mol. The number of hydrogen-bond acceptors (Lipinski definition) is 4. The van der Waals surface area contributed by atoms with Gasteiger partial charge in [-0.2, -0.15) is 4.98 Å². The van der Waals surface area contributed by atoms with Crippen molar-refractivity contribution in [3.8, 4) is 11.4 Å². The maximum Gasteiger partial charge on any atom is 0.231 e. The highest BCUT2D eigenvalue weighted by Gasteiger charge is 2.37. The molecule has 3 rings (SSSR count). The van der Waals surface area contributed by atoms with Crippen molar-refractivity contribution < 1.29 is 4.52 Å². The highest BCUT2D eigenvalue weighted by Crippen LogP contribution is 2.38. The van der Waals surface area contributed by atoms with E-state index in [0.29, 0.717) is 11.7 Å². The summed E-state index contributed by atoms with van der Waals surface area (Å²) in [6.45, 7) is 2.08. The predicted octanol–water partition coefficient (Wildman–Crippen LogP) is 4.30. The number of aromatic nitrogens is 2. The van der Waals surface area contributed by atoms with Crippen LogP contribution in [0.5, 0.6) is 0 Å². The Balaban J connectivity index is 0.00000161. The maximum absolute atomic E-state index is 6.39. The van der Waals surface area contributed by atoms with Crippen LogP contribution in [0.2, 0.25) is 0 Å². The van der Waals surface area contributed by atoms with Crippen LogP contribution in [0, 0.1) is 0 Å². The Kier molecular flexibility index (Phi) is 5.07. The second kappa shape index (κ2) is 6.46. The second-order valence-electron chi connectivity index (χ2n) is 5.77. The summed E-state index contributed by atoms with van der Waals surface area (Å²) >= 11 is 3.45. The molecule has 114 valence electrons. The molecule has 21 heavy (non-hydrogen) atoms. The van der Waals surface area contributed by atoms with Gasteiger partial charge in [0, 0.05) is 15.6 Å². The Morgan fingerprint density at radius 2 is 2.19 bits per heavy atom. The van der Waals surface area contributed by atoms with E-state index in [1.54, 1.807) is 0 Å². The van der Waals surface area contributed by atoms with Crippen molar-refractivity contribution in [3.63, 3.8) is 0 Å². The van der Waals surface area contributed by atoms with Gasteiger partial charge in [-0.15, -0.1) is 12.4 Å². The summed E-state index contributed by atoms with van der Waals surface area (Å²) < 4.78 is 6.48. The van der Waals surface area contributed by atoms with Crippen molar-refractivity contribution >= 4 is 28.3 Å². The number of rotatable bonds is 2. The van der Waals surface area contributed by atoms with Gasteiger partial charge in [0.05, 0.1) is 5.92 Å². The Labute approximate surface area is 139 Å². The number of halogens is 2. The van der Waals surface area contributed by atoms with E-state index >= 15 is 0 Å². The SMILES string of the molecule is CC1(N)CCCCC1c1nc(-c2cccc(Br)c2)no1.Cl. The zero-order chi connectivity index (χ0) is 14.2. The van der Waals surface area contributed by atoms with Gasteiger partial charge in [0.1, 0.15) is 0 Å². The molecule has 0 saturated heterocycles. The minimum Gasteiger partial charge on any atom is -0.339 e. The smallest absolute Gasteiger partial charge is 0.231 e. The molecule has 1 fully saturated rings. The van der Waals surface area contributed by atoms with E-state index in [1.807, 2.05) is 24.3 Å². The molecule has 2 unspecified atom stereocenters. The number of benzene rings is 1. The van der Waals surface area contributed by atoms with E-state index in [9.17, 15) is 0 Å². The van der Waals surface area contributed by atoms with E-state index in [-0.39, 0.29) is 23.9 Å². The molecule has 1 aliphatic rings. The molecule has 1 aromatic carbocycles. The van der Waals surface area contributed by atoms with Gasteiger partial charge in [-0.1, -0.05) is 46.1 Å². The fourth-order valence-electron chi connectivity index (χ4n) is 2.89. The summed E-state index contributed by atoms with van der Waals surface area (Å²) in [5, 5.41) is 4.11.